The van der Waals surface area contributed by atoms with Crippen LogP contribution in [0.5, 0.6) is 11.5 Å². The predicted molar refractivity (Wildman–Crippen MR) is 133 cm³/mol. The average molecular weight is 464 g/mol. The van der Waals surface area contributed by atoms with Gasteiger partial charge < -0.3 is 9.47 Å². The minimum Gasteiger partial charge on any atom is -0.494 e. The Hall–Kier alpha value is -3.19. The Morgan fingerprint density at radius 2 is 1.76 bits per heavy atom. The van der Waals surface area contributed by atoms with E-state index in [1.165, 1.54) is 35.1 Å². The van der Waals surface area contributed by atoms with Crippen LogP contribution in [0, 0.1) is 0 Å². The Morgan fingerprint density at radius 1 is 0.939 bits per heavy atom. The van der Waals surface area contributed by atoms with E-state index in [2.05, 4.69) is 23.9 Å². The third-order valence-electron chi connectivity index (χ3n) is 5.23. The van der Waals surface area contributed by atoms with E-state index in [0.717, 1.165) is 42.1 Å². The second-order valence-corrected chi connectivity index (χ2v) is 8.87. The van der Waals surface area contributed by atoms with Crippen LogP contribution in [0.2, 0.25) is 0 Å². The third-order valence-corrected chi connectivity index (χ3v) is 6.19. The maximum Gasteiger partial charge on any atom is 0.291 e. The van der Waals surface area contributed by atoms with E-state index in [1.807, 2.05) is 54.6 Å². The number of thiazole rings is 1. The molecule has 0 spiro atoms. The number of benzene rings is 2. The predicted octanol–water partition coefficient (Wildman–Crippen LogP) is 5.11. The van der Waals surface area contributed by atoms with Gasteiger partial charge in [-0.3, -0.25) is 4.79 Å². The maximum atomic E-state index is 12.9. The molecular weight excluding hydrogens is 434 g/mol. The molecule has 0 unspecified atom stereocenters. The van der Waals surface area contributed by atoms with Gasteiger partial charge >= 0.3 is 0 Å². The molecule has 33 heavy (non-hydrogen) atoms. The van der Waals surface area contributed by atoms with Crippen LogP contribution >= 0.6 is 11.3 Å². The summed E-state index contributed by atoms with van der Waals surface area (Å²) in [7, 11) is 0. The van der Waals surface area contributed by atoms with Gasteiger partial charge in [0.25, 0.3) is 5.56 Å². The molecule has 0 saturated carbocycles. The van der Waals surface area contributed by atoms with E-state index >= 15 is 0 Å². The fourth-order valence-electron chi connectivity index (χ4n) is 3.46. The average Bonchev–Trinajstić information content (AvgIpc) is 3.38. The van der Waals surface area contributed by atoms with Crippen molar-refractivity contribution in [2.24, 2.45) is 0 Å². The van der Waals surface area contributed by atoms with Crippen molar-refractivity contribution in [1.29, 1.82) is 0 Å². The van der Waals surface area contributed by atoms with Crippen molar-refractivity contribution in [1.82, 2.24) is 14.6 Å². The van der Waals surface area contributed by atoms with Gasteiger partial charge in [-0.1, -0.05) is 62.6 Å². The van der Waals surface area contributed by atoms with Crippen LogP contribution < -0.4 is 19.6 Å². The molecule has 0 aliphatic carbocycles. The smallest absolute Gasteiger partial charge is 0.291 e. The molecule has 0 saturated heterocycles. The maximum absolute atomic E-state index is 12.9. The van der Waals surface area contributed by atoms with Gasteiger partial charge in [0.2, 0.25) is 4.96 Å². The molecule has 0 fully saturated rings. The molecule has 0 amide bonds. The summed E-state index contributed by atoms with van der Waals surface area (Å²) in [5.41, 5.74) is 1.55. The zero-order valence-corrected chi connectivity index (χ0v) is 19.9. The lowest BCUT2D eigenvalue weighted by Crippen LogP contribution is -2.23. The van der Waals surface area contributed by atoms with Gasteiger partial charge in [-0.25, -0.2) is 0 Å². The third kappa shape index (κ3) is 5.60. The van der Waals surface area contributed by atoms with Crippen molar-refractivity contribution in [3.63, 3.8) is 0 Å². The zero-order chi connectivity index (χ0) is 23.0. The molecule has 0 aliphatic rings. The quantitative estimate of drug-likeness (QED) is 0.289. The number of unbranched alkanes of at least 4 members (excludes halogenated alkanes) is 3. The molecule has 4 rings (SSSR count). The molecule has 0 aliphatic heterocycles. The van der Waals surface area contributed by atoms with Crippen LogP contribution in [0.1, 0.15) is 51.5 Å². The van der Waals surface area contributed by atoms with E-state index in [1.54, 1.807) is 0 Å². The van der Waals surface area contributed by atoms with Crippen molar-refractivity contribution < 1.29 is 9.47 Å². The topological polar surface area (TPSA) is 65.7 Å². The normalized spacial score (nSPS) is 11.9. The molecule has 0 radical (unpaired) electrons. The largest absolute Gasteiger partial charge is 0.494 e. The van der Waals surface area contributed by atoms with Gasteiger partial charge in [-0.2, -0.15) is 9.50 Å². The van der Waals surface area contributed by atoms with Crippen LogP contribution in [0.4, 0.5) is 0 Å². The summed E-state index contributed by atoms with van der Waals surface area (Å²) in [6, 6.07) is 15.4. The van der Waals surface area contributed by atoms with Gasteiger partial charge in [0, 0.05) is 11.1 Å². The second kappa shape index (κ2) is 11.1. The van der Waals surface area contributed by atoms with Gasteiger partial charge in [0.1, 0.15) is 11.5 Å². The number of para-hydroxylation sites is 1. The lowest BCUT2D eigenvalue weighted by Gasteiger charge is -2.07. The van der Waals surface area contributed by atoms with Gasteiger partial charge in [0.05, 0.1) is 17.7 Å². The number of ether oxygens (including phenoxy) is 2. The van der Waals surface area contributed by atoms with Crippen LogP contribution in [0.3, 0.4) is 0 Å². The number of nitrogens with zero attached hydrogens (tertiary/aromatic N) is 3. The number of fused-ring (bicyclic) bond motifs is 1. The van der Waals surface area contributed by atoms with Gasteiger partial charge in [-0.05, 0) is 49.2 Å². The highest BCUT2D eigenvalue weighted by atomic mass is 32.1. The number of aromatic nitrogens is 3. The fraction of sp³-hybridized carbons (Fsp3) is 0.346. The molecule has 0 N–H and O–H groups in total. The summed E-state index contributed by atoms with van der Waals surface area (Å²) in [5.74, 6) is 2.14. The summed E-state index contributed by atoms with van der Waals surface area (Å²) in [6.45, 7) is 5.62. The molecule has 0 atom stereocenters. The SMILES string of the molecule is CCCCCCOc1ccc(-c2nc3s/c(=C/c4ccccc4OCCC)c(=O)n3n2)cc1. The van der Waals surface area contributed by atoms with E-state index in [9.17, 15) is 4.79 Å². The van der Waals surface area contributed by atoms with E-state index in [0.29, 0.717) is 21.9 Å². The highest BCUT2D eigenvalue weighted by Gasteiger charge is 2.13. The Bertz CT molecular complexity index is 1290. The molecule has 172 valence electrons. The molecule has 6 nitrogen and oxygen atoms in total. The molecular formula is C26H29N3O3S. The molecule has 2 aromatic carbocycles. The number of rotatable bonds is 11. The fourth-order valence-corrected chi connectivity index (χ4v) is 4.36. The van der Waals surface area contributed by atoms with E-state index in [-0.39, 0.29) is 5.56 Å². The van der Waals surface area contributed by atoms with Crippen molar-refractivity contribution in [3.05, 3.63) is 69.0 Å². The lowest BCUT2D eigenvalue weighted by molar-refractivity contribution is 0.305. The van der Waals surface area contributed by atoms with Gasteiger partial charge in [0.15, 0.2) is 5.82 Å². The second-order valence-electron chi connectivity index (χ2n) is 7.87. The van der Waals surface area contributed by atoms with Crippen LogP contribution in [0.15, 0.2) is 53.3 Å². The van der Waals surface area contributed by atoms with Crippen LogP contribution in [-0.2, 0) is 0 Å². The van der Waals surface area contributed by atoms with Gasteiger partial charge in [-0.15, -0.1) is 5.10 Å². The first-order chi connectivity index (χ1) is 16.2. The molecule has 2 aromatic heterocycles. The van der Waals surface area contributed by atoms with Crippen molar-refractivity contribution in [2.75, 3.05) is 13.2 Å². The highest BCUT2D eigenvalue weighted by molar-refractivity contribution is 7.15. The number of hydrogen-bond donors (Lipinski definition) is 0. The zero-order valence-electron chi connectivity index (χ0n) is 19.1. The summed E-state index contributed by atoms with van der Waals surface area (Å²) in [5, 5.41) is 4.45. The first-order valence-corrected chi connectivity index (χ1v) is 12.4. The Morgan fingerprint density at radius 3 is 2.52 bits per heavy atom. The Kier molecular flexibility index (Phi) is 7.73. The standard InChI is InChI=1S/C26H29N3O3S/c1-3-5-6-9-17-31-21-14-12-19(13-15-21)24-27-26-29(28-24)25(30)23(33-26)18-20-10-7-8-11-22(20)32-16-4-2/h7-8,10-15,18H,3-6,9,16-17H2,1-2H3/b23-18+. The molecule has 4 aromatic rings. The summed E-state index contributed by atoms with van der Waals surface area (Å²) >= 11 is 1.33. The summed E-state index contributed by atoms with van der Waals surface area (Å²) < 4.78 is 13.6. The first kappa shape index (κ1) is 23.0. The Labute approximate surface area is 197 Å². The van der Waals surface area contributed by atoms with Crippen LogP contribution in [0.25, 0.3) is 22.4 Å². The summed E-state index contributed by atoms with van der Waals surface area (Å²) in [4.78, 5) is 18.1. The molecule has 2 heterocycles. The monoisotopic (exact) mass is 463 g/mol. The van der Waals surface area contributed by atoms with E-state index in [4.69, 9.17) is 9.47 Å². The van der Waals surface area contributed by atoms with Crippen molar-refractivity contribution >= 4 is 22.4 Å². The highest BCUT2D eigenvalue weighted by Crippen LogP contribution is 2.22. The number of hydrogen-bond acceptors (Lipinski definition) is 6. The minimum absolute atomic E-state index is 0.175. The summed E-state index contributed by atoms with van der Waals surface area (Å²) in [6.07, 6.45) is 7.49. The van der Waals surface area contributed by atoms with Crippen molar-refractivity contribution in [2.45, 2.75) is 46.0 Å². The minimum atomic E-state index is -0.175. The molecule has 0 bridgehead atoms. The Balaban J connectivity index is 1.52. The molecule has 7 heteroatoms. The lowest BCUT2D eigenvalue weighted by atomic mass is 10.2. The first-order valence-electron chi connectivity index (χ1n) is 11.6. The van der Waals surface area contributed by atoms with E-state index < -0.39 is 0 Å². The van der Waals surface area contributed by atoms with Crippen molar-refractivity contribution in [3.8, 4) is 22.9 Å². The van der Waals surface area contributed by atoms with Crippen LogP contribution in [-0.4, -0.2) is 27.8 Å².